The van der Waals surface area contributed by atoms with Gasteiger partial charge in [0.05, 0.1) is 0 Å². The third-order valence-electron chi connectivity index (χ3n) is 5.18. The molecule has 0 atom stereocenters. The van der Waals surface area contributed by atoms with Crippen LogP contribution in [0.5, 0.6) is 0 Å². The van der Waals surface area contributed by atoms with E-state index in [0.717, 1.165) is 0 Å². The lowest BCUT2D eigenvalue weighted by molar-refractivity contribution is 1.44. The smallest absolute Gasteiger partial charge is 0.0230 e. The summed E-state index contributed by atoms with van der Waals surface area (Å²) in [5, 5.41) is 2.62. The van der Waals surface area contributed by atoms with Crippen LogP contribution in [0.15, 0.2) is 109 Å². The highest BCUT2D eigenvalue weighted by atomic mass is 13.9. The number of benzene rings is 3. The number of hydrogen-bond donors (Lipinski definition) is 0. The van der Waals surface area contributed by atoms with E-state index >= 15 is 0 Å². The molecule has 0 aliphatic carbocycles. The third kappa shape index (κ3) is 14.6. The summed E-state index contributed by atoms with van der Waals surface area (Å²) >= 11 is 0. The van der Waals surface area contributed by atoms with Gasteiger partial charge in [-0.15, -0.1) is 0 Å². The van der Waals surface area contributed by atoms with Crippen molar-refractivity contribution in [3.8, 4) is 0 Å². The molecule has 0 bridgehead atoms. The normalized spacial score (nSPS) is 11.8. The third-order valence-corrected chi connectivity index (χ3v) is 5.18. The summed E-state index contributed by atoms with van der Waals surface area (Å²) < 4.78 is 0. The number of hydrogen-bond acceptors (Lipinski definition) is 0. The minimum atomic E-state index is 1.31. The largest absolute Gasteiger partial charge is 0.0877 e. The predicted octanol–water partition coefficient (Wildman–Crippen LogP) is 9.48. The first-order valence-corrected chi connectivity index (χ1v) is 12.8. The SMILES string of the molecule is C/C=C\C=C/C.C/C=C\c1ccccc1C.C/C=C\c1ccccc1C.C/C=c1/cccc/c1=C/C. The van der Waals surface area contributed by atoms with E-state index in [0.29, 0.717) is 0 Å². The second kappa shape index (κ2) is 21.9. The highest BCUT2D eigenvalue weighted by Gasteiger charge is 1.88. The number of rotatable bonds is 3. The van der Waals surface area contributed by atoms with E-state index in [1.54, 1.807) is 0 Å². The molecule has 0 spiro atoms. The van der Waals surface area contributed by atoms with Gasteiger partial charge in [0.15, 0.2) is 0 Å². The lowest BCUT2D eigenvalue weighted by Crippen LogP contribution is -2.22. The highest BCUT2D eigenvalue weighted by Crippen LogP contribution is 2.08. The summed E-state index contributed by atoms with van der Waals surface area (Å²) in [5.41, 5.74) is 5.29. The summed E-state index contributed by atoms with van der Waals surface area (Å²) in [6.45, 7) is 16.4. The molecule has 0 aromatic heterocycles. The molecule has 3 aromatic carbocycles. The molecule has 0 aliphatic heterocycles. The van der Waals surface area contributed by atoms with E-state index in [1.807, 2.05) is 52.0 Å². The van der Waals surface area contributed by atoms with E-state index in [2.05, 4.69) is 137 Å². The Balaban J connectivity index is 0.000000462. The zero-order chi connectivity index (χ0) is 27.0. The average Bonchev–Trinajstić information content (AvgIpc) is 2.91. The molecule has 0 amide bonds. The molecule has 36 heavy (non-hydrogen) atoms. The first-order valence-electron chi connectivity index (χ1n) is 12.8. The molecule has 0 nitrogen and oxygen atoms in total. The molecular formula is C36H46. The van der Waals surface area contributed by atoms with E-state index in [4.69, 9.17) is 0 Å². The Bertz CT molecular complexity index is 1100. The van der Waals surface area contributed by atoms with Gasteiger partial charge in [-0.3, -0.25) is 0 Å². The van der Waals surface area contributed by atoms with Gasteiger partial charge >= 0.3 is 0 Å². The van der Waals surface area contributed by atoms with Crippen LogP contribution in [-0.4, -0.2) is 0 Å². The molecule has 0 saturated carbocycles. The molecule has 0 N–H and O–H groups in total. The van der Waals surface area contributed by atoms with Crippen molar-refractivity contribution < 1.29 is 0 Å². The molecule has 0 aliphatic rings. The lowest BCUT2D eigenvalue weighted by Gasteiger charge is -1.96. The van der Waals surface area contributed by atoms with Gasteiger partial charge in [0.25, 0.3) is 0 Å². The zero-order valence-corrected chi connectivity index (χ0v) is 23.7. The van der Waals surface area contributed by atoms with Crippen molar-refractivity contribution in [3.05, 3.63) is 142 Å². The van der Waals surface area contributed by atoms with Gasteiger partial charge in [-0.2, -0.15) is 0 Å². The summed E-state index contributed by atoms with van der Waals surface area (Å²) in [5.74, 6) is 0. The molecule has 3 aromatic rings. The Hall–Kier alpha value is -3.64. The quantitative estimate of drug-likeness (QED) is 0.329. The van der Waals surface area contributed by atoms with Crippen LogP contribution in [0.2, 0.25) is 0 Å². The van der Waals surface area contributed by atoms with Gasteiger partial charge in [0, 0.05) is 0 Å². The average molecular weight is 479 g/mol. The van der Waals surface area contributed by atoms with E-state index in [9.17, 15) is 0 Å². The lowest BCUT2D eigenvalue weighted by atomic mass is 10.1. The van der Waals surface area contributed by atoms with E-state index in [-0.39, 0.29) is 0 Å². The fraction of sp³-hybridized carbons (Fsp3) is 0.222. The molecule has 190 valence electrons. The van der Waals surface area contributed by atoms with Gasteiger partial charge in [-0.1, -0.05) is 134 Å². The highest BCUT2D eigenvalue weighted by molar-refractivity contribution is 5.53. The van der Waals surface area contributed by atoms with Gasteiger partial charge in [-0.25, -0.2) is 0 Å². The molecule has 3 rings (SSSR count). The van der Waals surface area contributed by atoms with Crippen molar-refractivity contribution >= 4 is 24.3 Å². The van der Waals surface area contributed by atoms with Gasteiger partial charge in [-0.05, 0) is 88.1 Å². The first kappa shape index (κ1) is 32.4. The van der Waals surface area contributed by atoms with Crippen LogP contribution in [0.25, 0.3) is 24.3 Å². The number of aryl methyl sites for hydroxylation is 2. The second-order valence-corrected chi connectivity index (χ2v) is 7.97. The Morgan fingerprint density at radius 3 is 1.03 bits per heavy atom. The number of allylic oxidation sites excluding steroid dienone is 6. The van der Waals surface area contributed by atoms with Gasteiger partial charge in [0.2, 0.25) is 0 Å². The van der Waals surface area contributed by atoms with E-state index in [1.165, 1.54) is 32.7 Å². The minimum Gasteiger partial charge on any atom is -0.0877 e. The van der Waals surface area contributed by atoms with Gasteiger partial charge < -0.3 is 0 Å². The van der Waals surface area contributed by atoms with Crippen LogP contribution >= 0.6 is 0 Å². The molecule has 0 heteroatoms. The molecule has 0 saturated heterocycles. The van der Waals surface area contributed by atoms with Crippen LogP contribution in [-0.2, 0) is 0 Å². The maximum Gasteiger partial charge on any atom is -0.0230 e. The topological polar surface area (TPSA) is 0 Å². The van der Waals surface area contributed by atoms with Crippen molar-refractivity contribution in [1.29, 1.82) is 0 Å². The Labute approximate surface area is 221 Å². The maximum atomic E-state index is 2.12. The summed E-state index contributed by atoms with van der Waals surface area (Å²) in [4.78, 5) is 0. The van der Waals surface area contributed by atoms with Crippen LogP contribution < -0.4 is 10.4 Å². The first-order chi connectivity index (χ1) is 17.5. The summed E-state index contributed by atoms with van der Waals surface area (Å²) in [7, 11) is 0. The summed E-state index contributed by atoms with van der Waals surface area (Å²) in [6.07, 6.45) is 20.6. The molecule has 0 heterocycles. The van der Waals surface area contributed by atoms with Crippen LogP contribution in [0.1, 0.15) is 63.8 Å². The van der Waals surface area contributed by atoms with Crippen LogP contribution in [0.4, 0.5) is 0 Å². The predicted molar refractivity (Wildman–Crippen MR) is 167 cm³/mol. The fourth-order valence-electron chi connectivity index (χ4n) is 3.17. The molecular weight excluding hydrogens is 432 g/mol. The van der Waals surface area contributed by atoms with Crippen LogP contribution in [0, 0.1) is 13.8 Å². The van der Waals surface area contributed by atoms with Crippen molar-refractivity contribution in [2.24, 2.45) is 0 Å². The maximum absolute atomic E-state index is 2.12. The molecule has 0 fully saturated rings. The molecule has 0 unspecified atom stereocenters. The monoisotopic (exact) mass is 478 g/mol. The minimum absolute atomic E-state index is 1.31. The van der Waals surface area contributed by atoms with Crippen molar-refractivity contribution in [1.82, 2.24) is 0 Å². The zero-order valence-electron chi connectivity index (χ0n) is 23.7. The van der Waals surface area contributed by atoms with Crippen molar-refractivity contribution in [2.75, 3.05) is 0 Å². The Kier molecular flexibility index (Phi) is 19.7. The van der Waals surface area contributed by atoms with Crippen LogP contribution in [0.3, 0.4) is 0 Å². The van der Waals surface area contributed by atoms with Gasteiger partial charge in [0.1, 0.15) is 0 Å². The molecule has 0 radical (unpaired) electrons. The van der Waals surface area contributed by atoms with E-state index < -0.39 is 0 Å². The second-order valence-electron chi connectivity index (χ2n) is 7.97. The van der Waals surface area contributed by atoms with Crippen molar-refractivity contribution in [2.45, 2.75) is 55.4 Å². The Morgan fingerprint density at radius 2 is 0.750 bits per heavy atom. The standard InChI is InChI=1S/3C10H12.C6H10/c2*1-3-6-10-8-5-4-7-9(10)2;1-3-9-7-5-6-8-10(9)4-2;1-3-5-6-4-2/h3*3-8H,1-2H3;3-6H,1-2H3/b2*6-3-;9-3-,10-4-;5-3-,6-4-. The Morgan fingerprint density at radius 1 is 0.417 bits per heavy atom. The summed E-state index contributed by atoms with van der Waals surface area (Å²) in [6, 6.07) is 25.1. The van der Waals surface area contributed by atoms with Crippen molar-refractivity contribution in [3.63, 3.8) is 0 Å². The fourth-order valence-corrected chi connectivity index (χ4v) is 3.17.